The summed E-state index contributed by atoms with van der Waals surface area (Å²) in [5.41, 5.74) is 1.76. The van der Waals surface area contributed by atoms with E-state index in [4.69, 9.17) is 16.7 Å². The number of rotatable bonds is 6. The Kier molecular flexibility index (Phi) is 4.17. The number of nitrogens with zero attached hydrogens (tertiary/aromatic N) is 2. The molecule has 0 atom stereocenters. The molecule has 6 heteroatoms. The molecule has 2 heterocycles. The maximum Gasteiger partial charge on any atom is 0.303 e. The third-order valence-corrected chi connectivity index (χ3v) is 2.74. The average molecular weight is 268 g/mol. The number of aliphatic carboxylic acids is 1. The Balaban J connectivity index is 1.86. The van der Waals surface area contributed by atoms with Gasteiger partial charge in [0.1, 0.15) is 5.65 Å². The molecule has 2 aromatic rings. The van der Waals surface area contributed by atoms with Gasteiger partial charge in [0.05, 0.1) is 10.7 Å². The van der Waals surface area contributed by atoms with Crippen molar-refractivity contribution in [1.29, 1.82) is 0 Å². The van der Waals surface area contributed by atoms with Crippen LogP contribution in [0.4, 0.5) is 0 Å². The highest BCUT2D eigenvalue weighted by molar-refractivity contribution is 6.30. The molecule has 0 aliphatic rings. The number of nitrogens with one attached hydrogen (secondary N) is 1. The number of halogens is 1. The third-order valence-electron chi connectivity index (χ3n) is 2.52. The number of carboxylic acids is 1. The van der Waals surface area contributed by atoms with E-state index >= 15 is 0 Å². The van der Waals surface area contributed by atoms with Crippen molar-refractivity contribution in [1.82, 2.24) is 14.7 Å². The van der Waals surface area contributed by atoms with E-state index in [2.05, 4.69) is 10.3 Å². The summed E-state index contributed by atoms with van der Waals surface area (Å²) in [5.74, 6) is -0.765. The van der Waals surface area contributed by atoms with Crippen molar-refractivity contribution < 1.29 is 9.90 Å². The van der Waals surface area contributed by atoms with E-state index < -0.39 is 5.97 Å². The van der Waals surface area contributed by atoms with Crippen molar-refractivity contribution in [3.8, 4) is 0 Å². The minimum absolute atomic E-state index is 0.188. The van der Waals surface area contributed by atoms with Crippen LogP contribution in [-0.2, 0) is 11.3 Å². The first-order chi connectivity index (χ1) is 8.65. The first kappa shape index (κ1) is 12.9. The summed E-state index contributed by atoms with van der Waals surface area (Å²) in [6.07, 6.45) is 4.52. The van der Waals surface area contributed by atoms with Crippen molar-refractivity contribution >= 4 is 23.2 Å². The topological polar surface area (TPSA) is 66.6 Å². The molecule has 96 valence electrons. The molecule has 0 spiro atoms. The quantitative estimate of drug-likeness (QED) is 0.785. The summed E-state index contributed by atoms with van der Waals surface area (Å²) in [7, 11) is 0. The summed E-state index contributed by atoms with van der Waals surface area (Å²) in [4.78, 5) is 14.7. The van der Waals surface area contributed by atoms with E-state index in [9.17, 15) is 4.79 Å². The van der Waals surface area contributed by atoms with Crippen LogP contribution in [0.2, 0.25) is 5.02 Å². The Morgan fingerprint density at radius 3 is 3.06 bits per heavy atom. The van der Waals surface area contributed by atoms with Crippen LogP contribution in [-0.4, -0.2) is 27.0 Å². The molecule has 0 saturated heterocycles. The van der Waals surface area contributed by atoms with Gasteiger partial charge in [0.2, 0.25) is 0 Å². The zero-order valence-corrected chi connectivity index (χ0v) is 10.5. The van der Waals surface area contributed by atoms with Crippen molar-refractivity contribution in [3.05, 3.63) is 35.2 Å². The highest BCUT2D eigenvalue weighted by Gasteiger charge is 2.02. The zero-order valence-electron chi connectivity index (χ0n) is 9.77. The van der Waals surface area contributed by atoms with Gasteiger partial charge in [-0.1, -0.05) is 11.6 Å². The minimum Gasteiger partial charge on any atom is -0.481 e. The molecule has 2 rings (SSSR count). The predicted octanol–water partition coefficient (Wildman–Crippen LogP) is 1.94. The maximum absolute atomic E-state index is 10.3. The molecule has 2 aromatic heterocycles. The lowest BCUT2D eigenvalue weighted by atomic mass is 10.3. The van der Waals surface area contributed by atoms with Gasteiger partial charge < -0.3 is 14.8 Å². The van der Waals surface area contributed by atoms with Gasteiger partial charge in [-0.25, -0.2) is 4.98 Å². The van der Waals surface area contributed by atoms with Gasteiger partial charge in [-0.05, 0) is 25.1 Å². The van der Waals surface area contributed by atoms with Crippen molar-refractivity contribution in [3.63, 3.8) is 0 Å². The van der Waals surface area contributed by atoms with Crippen LogP contribution in [0.5, 0.6) is 0 Å². The van der Waals surface area contributed by atoms with Crippen molar-refractivity contribution in [2.45, 2.75) is 19.4 Å². The van der Waals surface area contributed by atoms with Gasteiger partial charge in [-0.2, -0.15) is 0 Å². The fourth-order valence-corrected chi connectivity index (χ4v) is 1.85. The lowest BCUT2D eigenvalue weighted by Crippen LogP contribution is -2.15. The molecule has 0 amide bonds. The monoisotopic (exact) mass is 267 g/mol. The second kappa shape index (κ2) is 5.84. The smallest absolute Gasteiger partial charge is 0.303 e. The van der Waals surface area contributed by atoms with Crippen LogP contribution in [0, 0.1) is 0 Å². The number of fused-ring (bicyclic) bond motifs is 1. The standard InChI is InChI=1S/C12H14ClN3O2/c13-9-3-4-11-15-10(8-16(11)7-9)6-14-5-1-2-12(17)18/h3-4,7-8,14H,1-2,5-6H2,(H,17,18). The van der Waals surface area contributed by atoms with Crippen LogP contribution in [0.25, 0.3) is 5.65 Å². The van der Waals surface area contributed by atoms with Crippen LogP contribution in [0.3, 0.4) is 0 Å². The number of carbonyl (C=O) groups is 1. The Bertz CT molecular complexity index is 553. The molecule has 0 aliphatic heterocycles. The minimum atomic E-state index is -0.765. The molecule has 0 fully saturated rings. The predicted molar refractivity (Wildman–Crippen MR) is 68.8 cm³/mol. The van der Waals surface area contributed by atoms with Crippen LogP contribution in [0.15, 0.2) is 24.5 Å². The first-order valence-corrected chi connectivity index (χ1v) is 6.08. The average Bonchev–Trinajstić information content (AvgIpc) is 2.70. The van der Waals surface area contributed by atoms with E-state index in [0.717, 1.165) is 11.3 Å². The molecule has 0 bridgehead atoms. The molecule has 0 saturated carbocycles. The molecule has 0 radical (unpaired) electrons. The molecule has 18 heavy (non-hydrogen) atoms. The Morgan fingerprint density at radius 2 is 2.28 bits per heavy atom. The lowest BCUT2D eigenvalue weighted by Gasteiger charge is -1.99. The van der Waals surface area contributed by atoms with E-state index in [1.165, 1.54) is 0 Å². The fraction of sp³-hybridized carbons (Fsp3) is 0.333. The second-order valence-electron chi connectivity index (χ2n) is 4.02. The van der Waals surface area contributed by atoms with Crippen molar-refractivity contribution in [2.24, 2.45) is 0 Å². The Labute approximate surface area is 109 Å². The molecule has 5 nitrogen and oxygen atoms in total. The number of imidazole rings is 1. The number of hydrogen-bond donors (Lipinski definition) is 2. The van der Waals surface area contributed by atoms with E-state index in [1.54, 1.807) is 12.3 Å². The summed E-state index contributed by atoms with van der Waals surface area (Å²) in [5, 5.41) is 12.3. The summed E-state index contributed by atoms with van der Waals surface area (Å²) in [6.45, 7) is 1.29. The first-order valence-electron chi connectivity index (χ1n) is 5.71. The largest absolute Gasteiger partial charge is 0.481 e. The summed E-state index contributed by atoms with van der Waals surface area (Å²) >= 11 is 5.88. The van der Waals surface area contributed by atoms with Crippen LogP contribution < -0.4 is 5.32 Å². The number of carboxylic acid groups (broad SMARTS) is 1. The fourth-order valence-electron chi connectivity index (χ4n) is 1.68. The molecular weight excluding hydrogens is 254 g/mol. The van der Waals surface area contributed by atoms with E-state index in [-0.39, 0.29) is 6.42 Å². The number of aromatic nitrogens is 2. The third kappa shape index (κ3) is 3.45. The number of hydrogen-bond acceptors (Lipinski definition) is 3. The molecule has 0 aromatic carbocycles. The highest BCUT2D eigenvalue weighted by atomic mass is 35.5. The zero-order chi connectivity index (χ0) is 13.0. The Hall–Kier alpha value is -1.59. The van der Waals surface area contributed by atoms with Gasteiger partial charge in [0, 0.05) is 25.4 Å². The van der Waals surface area contributed by atoms with E-state index in [1.807, 2.05) is 16.7 Å². The summed E-state index contributed by atoms with van der Waals surface area (Å²) < 4.78 is 1.87. The lowest BCUT2D eigenvalue weighted by molar-refractivity contribution is -0.137. The maximum atomic E-state index is 10.3. The Morgan fingerprint density at radius 1 is 1.44 bits per heavy atom. The number of pyridine rings is 1. The summed E-state index contributed by atoms with van der Waals surface area (Å²) in [6, 6.07) is 3.66. The van der Waals surface area contributed by atoms with Gasteiger partial charge in [0.15, 0.2) is 0 Å². The highest BCUT2D eigenvalue weighted by Crippen LogP contribution is 2.11. The SMILES string of the molecule is O=C(O)CCCNCc1cn2cc(Cl)ccc2n1. The normalized spacial score (nSPS) is 10.9. The van der Waals surface area contributed by atoms with Crippen LogP contribution in [0.1, 0.15) is 18.5 Å². The van der Waals surface area contributed by atoms with Gasteiger partial charge >= 0.3 is 5.97 Å². The molecule has 0 unspecified atom stereocenters. The van der Waals surface area contributed by atoms with Crippen LogP contribution >= 0.6 is 11.6 Å². The van der Waals surface area contributed by atoms with Gasteiger partial charge in [0.25, 0.3) is 0 Å². The second-order valence-corrected chi connectivity index (χ2v) is 4.46. The molecular formula is C12H14ClN3O2. The van der Waals surface area contributed by atoms with Gasteiger partial charge in [-0.15, -0.1) is 0 Å². The van der Waals surface area contributed by atoms with Gasteiger partial charge in [-0.3, -0.25) is 4.79 Å². The van der Waals surface area contributed by atoms with Crippen molar-refractivity contribution in [2.75, 3.05) is 6.54 Å². The molecule has 0 aliphatic carbocycles. The molecule has 2 N–H and O–H groups in total. The van der Waals surface area contributed by atoms with E-state index in [0.29, 0.717) is 24.5 Å².